The molecule has 1 fully saturated rings. The Labute approximate surface area is 128 Å². The van der Waals surface area contributed by atoms with Crippen molar-refractivity contribution >= 4 is 12.1 Å². The van der Waals surface area contributed by atoms with Crippen molar-refractivity contribution < 1.29 is 23.8 Å². The normalized spacial score (nSPS) is 21.7. The van der Waals surface area contributed by atoms with Gasteiger partial charge < -0.3 is 14.7 Å². The molecule has 2 rings (SSSR count). The van der Waals surface area contributed by atoms with E-state index in [1.165, 1.54) is 11.0 Å². The molecule has 1 aromatic carbocycles. The number of hydrogen-bond donors (Lipinski definition) is 1. The summed E-state index contributed by atoms with van der Waals surface area (Å²) in [7, 11) is 0. The second-order valence-corrected chi connectivity index (χ2v) is 6.46. The summed E-state index contributed by atoms with van der Waals surface area (Å²) in [5.41, 5.74) is -0.340. The van der Waals surface area contributed by atoms with Crippen LogP contribution in [-0.2, 0) is 9.53 Å². The molecule has 1 aliphatic heterocycles. The number of nitrogens with zero attached hydrogens (tertiary/aromatic N) is 1. The van der Waals surface area contributed by atoms with E-state index >= 15 is 0 Å². The number of likely N-dealkylation sites (tertiary alicyclic amines) is 1. The minimum atomic E-state index is -1.04. The molecule has 0 spiro atoms. The highest BCUT2D eigenvalue weighted by Crippen LogP contribution is 2.34. The van der Waals surface area contributed by atoms with E-state index in [-0.39, 0.29) is 13.1 Å². The number of benzene rings is 1. The Hall–Kier alpha value is -2.11. The number of carboxylic acid groups (broad SMARTS) is 1. The van der Waals surface area contributed by atoms with Crippen LogP contribution in [0.5, 0.6) is 0 Å². The van der Waals surface area contributed by atoms with E-state index < -0.39 is 35.3 Å². The van der Waals surface area contributed by atoms with Crippen LogP contribution in [0.25, 0.3) is 0 Å². The third-order valence-corrected chi connectivity index (χ3v) is 3.59. The first-order chi connectivity index (χ1) is 10.2. The second-order valence-electron chi connectivity index (χ2n) is 6.46. The summed E-state index contributed by atoms with van der Waals surface area (Å²) < 4.78 is 19.2. The molecule has 2 atom stereocenters. The van der Waals surface area contributed by atoms with Gasteiger partial charge in [0, 0.05) is 19.0 Å². The zero-order valence-corrected chi connectivity index (χ0v) is 12.9. The van der Waals surface area contributed by atoms with Gasteiger partial charge >= 0.3 is 12.1 Å². The summed E-state index contributed by atoms with van der Waals surface area (Å²) in [6.07, 6.45) is -0.572. The smallest absolute Gasteiger partial charge is 0.410 e. The maximum absolute atomic E-state index is 13.9. The lowest BCUT2D eigenvalue weighted by Crippen LogP contribution is -2.35. The number of carboxylic acids is 1. The Morgan fingerprint density at radius 3 is 2.45 bits per heavy atom. The Morgan fingerprint density at radius 1 is 1.27 bits per heavy atom. The molecule has 1 aromatic rings. The molecule has 0 aliphatic carbocycles. The van der Waals surface area contributed by atoms with E-state index in [0.717, 1.165) is 0 Å². The molecule has 6 heteroatoms. The van der Waals surface area contributed by atoms with Crippen molar-refractivity contribution in [2.45, 2.75) is 32.3 Å². The van der Waals surface area contributed by atoms with E-state index in [9.17, 15) is 19.1 Å². The SMILES string of the molecule is CC(C)(C)OC(=O)N1C[C@H](c2ccccc2F)[C@H](C(=O)O)C1. The van der Waals surface area contributed by atoms with Gasteiger partial charge in [-0.3, -0.25) is 4.79 Å². The predicted molar refractivity (Wildman–Crippen MR) is 78.1 cm³/mol. The van der Waals surface area contributed by atoms with Crippen molar-refractivity contribution in [1.29, 1.82) is 0 Å². The molecule has 120 valence electrons. The van der Waals surface area contributed by atoms with Crippen LogP contribution in [0, 0.1) is 11.7 Å². The maximum atomic E-state index is 13.9. The molecule has 1 saturated heterocycles. The molecule has 22 heavy (non-hydrogen) atoms. The van der Waals surface area contributed by atoms with Gasteiger partial charge in [0.1, 0.15) is 11.4 Å². The van der Waals surface area contributed by atoms with Crippen LogP contribution < -0.4 is 0 Å². The number of hydrogen-bond acceptors (Lipinski definition) is 3. The van der Waals surface area contributed by atoms with Gasteiger partial charge in [-0.2, -0.15) is 0 Å². The van der Waals surface area contributed by atoms with Gasteiger partial charge in [0.15, 0.2) is 0 Å². The first kappa shape index (κ1) is 16.3. The largest absolute Gasteiger partial charge is 0.481 e. The predicted octanol–water partition coefficient (Wildman–Crippen LogP) is 2.86. The monoisotopic (exact) mass is 309 g/mol. The lowest BCUT2D eigenvalue weighted by molar-refractivity contribution is -0.141. The fraction of sp³-hybridized carbons (Fsp3) is 0.500. The van der Waals surface area contributed by atoms with Crippen molar-refractivity contribution in [3.05, 3.63) is 35.6 Å². The zero-order valence-electron chi connectivity index (χ0n) is 12.9. The molecule has 0 radical (unpaired) electrons. The van der Waals surface area contributed by atoms with Gasteiger partial charge in [0.2, 0.25) is 0 Å². The standard InChI is InChI=1S/C16H20FNO4/c1-16(2,3)22-15(21)18-8-11(12(9-18)14(19)20)10-6-4-5-7-13(10)17/h4-7,11-12H,8-9H2,1-3H3,(H,19,20)/t11-,12-/m1/s1. The fourth-order valence-electron chi connectivity index (χ4n) is 2.62. The topological polar surface area (TPSA) is 66.8 Å². The van der Waals surface area contributed by atoms with Gasteiger partial charge in [0.05, 0.1) is 5.92 Å². The van der Waals surface area contributed by atoms with Crippen molar-refractivity contribution in [2.75, 3.05) is 13.1 Å². The highest BCUT2D eigenvalue weighted by molar-refractivity contribution is 5.76. The molecular formula is C16H20FNO4. The van der Waals surface area contributed by atoms with Gasteiger partial charge in [-0.15, -0.1) is 0 Å². The van der Waals surface area contributed by atoms with Crippen molar-refractivity contribution in [3.63, 3.8) is 0 Å². The van der Waals surface area contributed by atoms with Crippen LogP contribution in [-0.4, -0.2) is 40.8 Å². The molecule has 1 amide bonds. The second kappa shape index (κ2) is 5.94. The Bertz CT molecular complexity index is 582. The van der Waals surface area contributed by atoms with E-state index in [1.54, 1.807) is 39.0 Å². The molecule has 5 nitrogen and oxygen atoms in total. The first-order valence-corrected chi connectivity index (χ1v) is 7.14. The van der Waals surface area contributed by atoms with Crippen LogP contribution in [0.1, 0.15) is 32.3 Å². The summed E-state index contributed by atoms with van der Waals surface area (Å²) in [5.74, 6) is -2.92. The molecule has 1 aliphatic rings. The van der Waals surface area contributed by atoms with Crippen molar-refractivity contribution in [2.24, 2.45) is 5.92 Å². The number of amides is 1. The van der Waals surface area contributed by atoms with E-state index in [1.807, 2.05) is 0 Å². The molecule has 0 aromatic heterocycles. The number of carbonyl (C=O) groups excluding carboxylic acids is 1. The molecule has 1 heterocycles. The Kier molecular flexibility index (Phi) is 4.39. The van der Waals surface area contributed by atoms with Crippen LogP contribution in [0.4, 0.5) is 9.18 Å². The summed E-state index contributed by atoms with van der Waals surface area (Å²) in [4.78, 5) is 24.9. The van der Waals surface area contributed by atoms with E-state index in [4.69, 9.17) is 4.74 Å². The van der Waals surface area contributed by atoms with E-state index in [0.29, 0.717) is 5.56 Å². The molecular weight excluding hydrogens is 289 g/mol. The van der Waals surface area contributed by atoms with Gasteiger partial charge in [-0.05, 0) is 32.4 Å². The molecule has 1 N–H and O–H groups in total. The summed E-state index contributed by atoms with van der Waals surface area (Å²) >= 11 is 0. The Balaban J connectivity index is 2.22. The Morgan fingerprint density at radius 2 is 1.91 bits per heavy atom. The number of carbonyl (C=O) groups is 2. The minimum Gasteiger partial charge on any atom is -0.481 e. The highest BCUT2D eigenvalue weighted by Gasteiger charge is 2.42. The number of rotatable bonds is 2. The zero-order chi connectivity index (χ0) is 16.5. The third kappa shape index (κ3) is 3.55. The average Bonchev–Trinajstić information content (AvgIpc) is 2.82. The van der Waals surface area contributed by atoms with Crippen LogP contribution >= 0.6 is 0 Å². The van der Waals surface area contributed by atoms with Gasteiger partial charge in [-0.25, -0.2) is 9.18 Å². The molecule has 0 bridgehead atoms. The lowest BCUT2D eigenvalue weighted by atomic mass is 9.89. The quantitative estimate of drug-likeness (QED) is 0.912. The first-order valence-electron chi connectivity index (χ1n) is 7.14. The number of aliphatic carboxylic acids is 1. The van der Waals surface area contributed by atoms with Crippen LogP contribution in [0.2, 0.25) is 0 Å². The van der Waals surface area contributed by atoms with Crippen LogP contribution in [0.15, 0.2) is 24.3 Å². The average molecular weight is 309 g/mol. The lowest BCUT2D eigenvalue weighted by Gasteiger charge is -2.24. The third-order valence-electron chi connectivity index (χ3n) is 3.59. The fourth-order valence-corrected chi connectivity index (χ4v) is 2.62. The highest BCUT2D eigenvalue weighted by atomic mass is 19.1. The van der Waals surface area contributed by atoms with Crippen LogP contribution in [0.3, 0.4) is 0 Å². The number of ether oxygens (including phenoxy) is 1. The molecule has 0 unspecified atom stereocenters. The summed E-state index contributed by atoms with van der Waals surface area (Å²) in [6, 6.07) is 6.07. The van der Waals surface area contributed by atoms with Crippen molar-refractivity contribution in [1.82, 2.24) is 4.90 Å². The summed E-state index contributed by atoms with van der Waals surface area (Å²) in [5, 5.41) is 9.37. The van der Waals surface area contributed by atoms with Gasteiger partial charge in [0.25, 0.3) is 0 Å². The maximum Gasteiger partial charge on any atom is 0.410 e. The molecule has 0 saturated carbocycles. The van der Waals surface area contributed by atoms with E-state index in [2.05, 4.69) is 0 Å². The number of halogens is 1. The van der Waals surface area contributed by atoms with Crippen molar-refractivity contribution in [3.8, 4) is 0 Å². The van der Waals surface area contributed by atoms with Gasteiger partial charge in [-0.1, -0.05) is 18.2 Å². The minimum absolute atomic E-state index is 0.0171. The summed E-state index contributed by atoms with van der Waals surface area (Å²) in [6.45, 7) is 5.37.